The monoisotopic (exact) mass is 275 g/mol. The van der Waals surface area contributed by atoms with E-state index in [0.717, 1.165) is 18.8 Å². The van der Waals surface area contributed by atoms with Gasteiger partial charge >= 0.3 is 0 Å². The Morgan fingerprint density at radius 3 is 2.30 bits per heavy atom. The molecule has 1 aliphatic carbocycles. The lowest BCUT2D eigenvalue weighted by atomic mass is 9.87. The Balaban J connectivity index is 1.95. The van der Waals surface area contributed by atoms with Gasteiger partial charge in [-0.1, -0.05) is 24.2 Å². The minimum absolute atomic E-state index is 0.0400. The van der Waals surface area contributed by atoms with Gasteiger partial charge in [0.05, 0.1) is 0 Å². The zero-order valence-corrected chi connectivity index (χ0v) is 11.7. The van der Waals surface area contributed by atoms with Crippen LogP contribution in [0.5, 0.6) is 0 Å². The number of carbonyl (C=O) groups is 1. The van der Waals surface area contributed by atoms with Crippen molar-refractivity contribution >= 4 is 11.7 Å². The number of hydrogen-bond acceptors (Lipinski definition) is 3. The minimum Gasteiger partial charge on any atom is -0.409 e. The fourth-order valence-corrected chi connectivity index (χ4v) is 2.52. The lowest BCUT2D eigenvalue weighted by Gasteiger charge is -2.26. The van der Waals surface area contributed by atoms with Gasteiger partial charge in [0.15, 0.2) is 5.84 Å². The van der Waals surface area contributed by atoms with Crippen molar-refractivity contribution < 1.29 is 10.0 Å². The second-order valence-corrected chi connectivity index (χ2v) is 5.49. The Labute approximate surface area is 118 Å². The van der Waals surface area contributed by atoms with Crippen LogP contribution in [0, 0.1) is 5.92 Å². The van der Waals surface area contributed by atoms with Crippen molar-refractivity contribution in [1.82, 2.24) is 5.32 Å². The van der Waals surface area contributed by atoms with Gasteiger partial charge in [-0.05, 0) is 43.7 Å². The molecule has 2 rings (SSSR count). The third kappa shape index (κ3) is 3.50. The Bertz CT molecular complexity index is 488. The molecule has 1 fully saturated rings. The maximum atomic E-state index is 12.1. The maximum Gasteiger partial charge on any atom is 0.251 e. The standard InChI is InChI=1S/C15H21N3O2/c1-10-2-8-13(9-3-10)17-15(19)12-6-4-11(5-7-12)14(16)18-20/h4-7,10,13,20H,2-3,8-9H2,1H3,(H2,16,18)(H,17,19). The van der Waals surface area contributed by atoms with Crippen LogP contribution in [0.4, 0.5) is 0 Å². The Morgan fingerprint density at radius 2 is 1.75 bits per heavy atom. The lowest BCUT2D eigenvalue weighted by Crippen LogP contribution is -2.37. The third-order valence-electron chi connectivity index (χ3n) is 3.90. The summed E-state index contributed by atoms with van der Waals surface area (Å²) in [6, 6.07) is 7.00. The van der Waals surface area contributed by atoms with Gasteiger partial charge in [0.25, 0.3) is 5.91 Å². The highest BCUT2D eigenvalue weighted by atomic mass is 16.4. The molecule has 5 nitrogen and oxygen atoms in total. The van der Waals surface area contributed by atoms with Crippen LogP contribution >= 0.6 is 0 Å². The molecule has 0 bridgehead atoms. The van der Waals surface area contributed by atoms with E-state index in [2.05, 4.69) is 17.4 Å². The molecule has 20 heavy (non-hydrogen) atoms. The minimum atomic E-state index is -0.0596. The van der Waals surface area contributed by atoms with E-state index >= 15 is 0 Å². The highest BCUT2D eigenvalue weighted by molar-refractivity contribution is 5.99. The molecule has 1 aromatic rings. The number of nitrogens with one attached hydrogen (secondary N) is 1. The van der Waals surface area contributed by atoms with Crippen molar-refractivity contribution in [2.75, 3.05) is 0 Å². The van der Waals surface area contributed by atoms with Crippen LogP contribution in [0.2, 0.25) is 0 Å². The van der Waals surface area contributed by atoms with E-state index in [4.69, 9.17) is 10.9 Å². The summed E-state index contributed by atoms with van der Waals surface area (Å²) in [5.41, 5.74) is 6.67. The molecule has 0 heterocycles. The summed E-state index contributed by atoms with van der Waals surface area (Å²) in [6.45, 7) is 2.25. The van der Waals surface area contributed by atoms with Crippen LogP contribution < -0.4 is 11.1 Å². The molecule has 5 heteroatoms. The van der Waals surface area contributed by atoms with Crippen LogP contribution in [0.25, 0.3) is 0 Å². The molecular weight excluding hydrogens is 254 g/mol. The highest BCUT2D eigenvalue weighted by Gasteiger charge is 2.20. The molecule has 1 aliphatic rings. The predicted molar refractivity (Wildman–Crippen MR) is 77.8 cm³/mol. The zero-order valence-electron chi connectivity index (χ0n) is 11.7. The molecule has 0 unspecified atom stereocenters. The fourth-order valence-electron chi connectivity index (χ4n) is 2.52. The Morgan fingerprint density at radius 1 is 1.20 bits per heavy atom. The number of amidine groups is 1. The molecule has 108 valence electrons. The molecule has 1 aromatic carbocycles. The number of rotatable bonds is 3. The average Bonchev–Trinajstić information content (AvgIpc) is 2.49. The smallest absolute Gasteiger partial charge is 0.251 e. The molecule has 0 aromatic heterocycles. The normalized spacial score (nSPS) is 23.4. The summed E-state index contributed by atoms with van der Waals surface area (Å²) in [7, 11) is 0. The van der Waals surface area contributed by atoms with Gasteiger partial charge in [-0.25, -0.2) is 0 Å². The number of nitrogens with zero attached hydrogens (tertiary/aromatic N) is 1. The number of hydrogen-bond donors (Lipinski definition) is 3. The molecule has 0 radical (unpaired) electrons. The number of carbonyl (C=O) groups excluding carboxylic acids is 1. The van der Waals surface area contributed by atoms with E-state index in [1.807, 2.05) is 0 Å². The van der Waals surface area contributed by atoms with Gasteiger partial charge in [-0.15, -0.1) is 0 Å². The quantitative estimate of drug-likeness (QED) is 0.341. The number of nitrogens with two attached hydrogens (primary N) is 1. The average molecular weight is 275 g/mol. The van der Waals surface area contributed by atoms with Crippen molar-refractivity contribution in [1.29, 1.82) is 0 Å². The first-order valence-corrected chi connectivity index (χ1v) is 6.99. The van der Waals surface area contributed by atoms with Gasteiger partial charge in [0, 0.05) is 17.2 Å². The van der Waals surface area contributed by atoms with Crippen molar-refractivity contribution in [3.63, 3.8) is 0 Å². The van der Waals surface area contributed by atoms with Crippen molar-refractivity contribution in [3.8, 4) is 0 Å². The summed E-state index contributed by atoms with van der Waals surface area (Å²) >= 11 is 0. The largest absolute Gasteiger partial charge is 0.409 e. The first kappa shape index (κ1) is 14.4. The zero-order chi connectivity index (χ0) is 14.5. The highest BCUT2D eigenvalue weighted by Crippen LogP contribution is 2.23. The van der Waals surface area contributed by atoms with E-state index in [0.29, 0.717) is 11.1 Å². The second kappa shape index (κ2) is 6.41. The molecule has 0 atom stereocenters. The summed E-state index contributed by atoms with van der Waals surface area (Å²) in [6.07, 6.45) is 4.45. The van der Waals surface area contributed by atoms with Gasteiger partial charge in [-0.3, -0.25) is 4.79 Å². The SMILES string of the molecule is CC1CCC(NC(=O)c2ccc(/C(N)=N/O)cc2)CC1. The van der Waals surface area contributed by atoms with E-state index in [1.54, 1.807) is 24.3 Å². The lowest BCUT2D eigenvalue weighted by molar-refractivity contribution is 0.0923. The predicted octanol–water partition coefficient (Wildman–Crippen LogP) is 2.09. The summed E-state index contributed by atoms with van der Waals surface area (Å²) in [5.74, 6) is 0.747. The molecule has 0 spiro atoms. The molecule has 1 saturated carbocycles. The summed E-state index contributed by atoms with van der Waals surface area (Å²) in [4.78, 5) is 12.1. The van der Waals surface area contributed by atoms with Crippen molar-refractivity contribution in [3.05, 3.63) is 35.4 Å². The van der Waals surface area contributed by atoms with Crippen LogP contribution in [0.3, 0.4) is 0 Å². The fraction of sp³-hybridized carbons (Fsp3) is 0.467. The van der Waals surface area contributed by atoms with Crippen LogP contribution in [0.15, 0.2) is 29.4 Å². The van der Waals surface area contributed by atoms with E-state index in [9.17, 15) is 4.79 Å². The Kier molecular flexibility index (Phi) is 4.61. The van der Waals surface area contributed by atoms with E-state index < -0.39 is 0 Å². The molecular formula is C15H21N3O2. The number of amides is 1. The molecule has 0 aliphatic heterocycles. The second-order valence-electron chi connectivity index (χ2n) is 5.49. The van der Waals surface area contributed by atoms with E-state index in [1.165, 1.54) is 12.8 Å². The van der Waals surface area contributed by atoms with Crippen LogP contribution in [-0.2, 0) is 0 Å². The van der Waals surface area contributed by atoms with Crippen LogP contribution in [0.1, 0.15) is 48.5 Å². The van der Waals surface area contributed by atoms with E-state index in [-0.39, 0.29) is 17.8 Å². The van der Waals surface area contributed by atoms with Gasteiger partial charge in [-0.2, -0.15) is 0 Å². The first-order chi connectivity index (χ1) is 9.60. The number of benzene rings is 1. The van der Waals surface area contributed by atoms with Gasteiger partial charge < -0.3 is 16.3 Å². The first-order valence-electron chi connectivity index (χ1n) is 6.99. The third-order valence-corrected chi connectivity index (χ3v) is 3.90. The van der Waals surface area contributed by atoms with Gasteiger partial charge in [0.2, 0.25) is 0 Å². The summed E-state index contributed by atoms with van der Waals surface area (Å²) in [5, 5.41) is 14.6. The van der Waals surface area contributed by atoms with Gasteiger partial charge in [0.1, 0.15) is 0 Å². The molecule has 4 N–H and O–H groups in total. The molecule has 0 saturated heterocycles. The van der Waals surface area contributed by atoms with Crippen molar-refractivity contribution in [2.45, 2.75) is 38.6 Å². The topological polar surface area (TPSA) is 87.7 Å². The molecule has 1 amide bonds. The number of oxime groups is 1. The van der Waals surface area contributed by atoms with Crippen LogP contribution in [-0.4, -0.2) is 23.0 Å². The maximum absolute atomic E-state index is 12.1. The summed E-state index contributed by atoms with van der Waals surface area (Å²) < 4.78 is 0. The van der Waals surface area contributed by atoms with Crippen molar-refractivity contribution in [2.24, 2.45) is 16.8 Å². The Hall–Kier alpha value is -2.04.